The number of nitriles is 1. The summed E-state index contributed by atoms with van der Waals surface area (Å²) in [5, 5.41) is 26.0. The van der Waals surface area contributed by atoms with Gasteiger partial charge in [0.2, 0.25) is 0 Å². The van der Waals surface area contributed by atoms with E-state index >= 15 is 0 Å². The highest BCUT2D eigenvalue weighted by atomic mass is 16.4. The van der Waals surface area contributed by atoms with Gasteiger partial charge in [-0.1, -0.05) is 0 Å². The largest absolute Gasteiger partial charge is 0.481 e. The Morgan fingerprint density at radius 2 is 1.76 bits per heavy atom. The van der Waals surface area contributed by atoms with Gasteiger partial charge in [-0.2, -0.15) is 5.26 Å². The lowest BCUT2D eigenvalue weighted by Crippen LogP contribution is -2.22. The van der Waals surface area contributed by atoms with Crippen LogP contribution in [-0.4, -0.2) is 33.4 Å². The molecule has 0 radical (unpaired) electrons. The molecule has 0 aliphatic carbocycles. The molecule has 94 valence electrons. The van der Waals surface area contributed by atoms with Crippen molar-refractivity contribution in [3.05, 3.63) is 0 Å². The van der Waals surface area contributed by atoms with Crippen molar-refractivity contribution in [2.24, 2.45) is 4.99 Å². The van der Waals surface area contributed by atoms with Crippen LogP contribution < -0.4 is 0 Å². The van der Waals surface area contributed by atoms with Gasteiger partial charge in [-0.3, -0.25) is 14.6 Å². The number of hydrogen-bond donors (Lipinski definition) is 2. The van der Waals surface area contributed by atoms with Gasteiger partial charge in [0, 0.05) is 12.1 Å². The van der Waals surface area contributed by atoms with Crippen molar-refractivity contribution in [1.82, 2.24) is 0 Å². The van der Waals surface area contributed by atoms with Crippen LogP contribution in [0.15, 0.2) is 4.99 Å². The molecule has 0 aromatic rings. The summed E-state index contributed by atoms with van der Waals surface area (Å²) in [7, 11) is 0. The SMILES string of the molecule is CC(CCC(=O)O)=NC(C)(C#N)CCC(=O)O. The number of hydrogen-bond acceptors (Lipinski definition) is 4. The smallest absolute Gasteiger partial charge is 0.303 e. The first-order valence-electron chi connectivity index (χ1n) is 5.19. The van der Waals surface area contributed by atoms with Crippen LogP contribution in [0.4, 0.5) is 0 Å². The Bertz CT molecular complexity index is 370. The molecule has 17 heavy (non-hydrogen) atoms. The number of nitrogens with zero attached hydrogens (tertiary/aromatic N) is 2. The maximum Gasteiger partial charge on any atom is 0.303 e. The molecule has 0 fully saturated rings. The van der Waals surface area contributed by atoms with Crippen LogP contribution in [0, 0.1) is 11.3 Å². The Kier molecular flexibility index (Phi) is 5.89. The average Bonchev–Trinajstić information content (AvgIpc) is 2.24. The van der Waals surface area contributed by atoms with E-state index in [-0.39, 0.29) is 25.7 Å². The van der Waals surface area contributed by atoms with Gasteiger partial charge in [0.05, 0.1) is 12.5 Å². The number of aliphatic imine (C=N–C) groups is 1. The van der Waals surface area contributed by atoms with Gasteiger partial charge < -0.3 is 10.2 Å². The molecule has 0 saturated heterocycles. The van der Waals surface area contributed by atoms with Gasteiger partial charge >= 0.3 is 11.9 Å². The Hall–Kier alpha value is -1.90. The molecule has 0 aliphatic heterocycles. The second kappa shape index (κ2) is 6.63. The Balaban J connectivity index is 4.54. The predicted octanol–water partition coefficient (Wildman–Crippen LogP) is 1.46. The van der Waals surface area contributed by atoms with Crippen LogP contribution >= 0.6 is 0 Å². The molecule has 0 spiro atoms. The van der Waals surface area contributed by atoms with E-state index in [1.165, 1.54) is 0 Å². The molecule has 1 unspecified atom stereocenters. The Labute approximate surface area is 99.6 Å². The van der Waals surface area contributed by atoms with Gasteiger partial charge in [0.1, 0.15) is 5.54 Å². The second-order valence-corrected chi connectivity index (χ2v) is 4.02. The van der Waals surface area contributed by atoms with Gasteiger partial charge in [0.15, 0.2) is 0 Å². The van der Waals surface area contributed by atoms with Gasteiger partial charge in [-0.25, -0.2) is 0 Å². The van der Waals surface area contributed by atoms with Crippen LogP contribution in [0.5, 0.6) is 0 Å². The fourth-order valence-corrected chi connectivity index (χ4v) is 1.25. The molecule has 0 amide bonds. The van der Waals surface area contributed by atoms with Crippen molar-refractivity contribution in [2.75, 3.05) is 0 Å². The van der Waals surface area contributed by atoms with E-state index in [0.29, 0.717) is 5.71 Å². The highest BCUT2D eigenvalue weighted by Gasteiger charge is 2.23. The minimum Gasteiger partial charge on any atom is -0.481 e. The molecule has 0 aliphatic rings. The number of aliphatic carboxylic acids is 2. The molecule has 1 atom stereocenters. The first-order chi connectivity index (χ1) is 7.79. The first kappa shape index (κ1) is 15.1. The first-order valence-corrected chi connectivity index (χ1v) is 5.19. The summed E-state index contributed by atoms with van der Waals surface area (Å²) in [4.78, 5) is 24.9. The molecule has 0 aromatic heterocycles. The summed E-state index contributed by atoms with van der Waals surface area (Å²) in [5.74, 6) is -1.91. The second-order valence-electron chi connectivity index (χ2n) is 4.02. The standard InChI is InChI=1S/C11H16N2O4/c1-8(3-4-9(14)15)13-11(2,7-12)6-5-10(16)17/h3-6H2,1-2H3,(H,14,15)(H,16,17). The summed E-state index contributed by atoms with van der Waals surface area (Å²) in [5.41, 5.74) is -0.553. The zero-order valence-corrected chi connectivity index (χ0v) is 9.93. The third kappa shape index (κ3) is 7.06. The Morgan fingerprint density at radius 1 is 1.24 bits per heavy atom. The van der Waals surface area contributed by atoms with Crippen LogP contribution in [-0.2, 0) is 9.59 Å². The third-order valence-corrected chi connectivity index (χ3v) is 2.20. The van der Waals surface area contributed by atoms with E-state index in [9.17, 15) is 9.59 Å². The molecular weight excluding hydrogens is 224 g/mol. The highest BCUT2D eigenvalue weighted by Crippen LogP contribution is 2.17. The zero-order valence-electron chi connectivity index (χ0n) is 9.93. The molecule has 6 heteroatoms. The highest BCUT2D eigenvalue weighted by molar-refractivity contribution is 5.85. The van der Waals surface area contributed by atoms with Crippen molar-refractivity contribution in [3.8, 4) is 6.07 Å². The van der Waals surface area contributed by atoms with E-state index in [2.05, 4.69) is 4.99 Å². The van der Waals surface area contributed by atoms with E-state index < -0.39 is 17.5 Å². The average molecular weight is 240 g/mol. The quantitative estimate of drug-likeness (QED) is 0.654. The van der Waals surface area contributed by atoms with Gasteiger partial charge in [-0.15, -0.1) is 0 Å². The topological polar surface area (TPSA) is 111 Å². The van der Waals surface area contributed by atoms with E-state index in [4.69, 9.17) is 15.5 Å². The minimum atomic E-state index is -1.10. The monoisotopic (exact) mass is 240 g/mol. The van der Waals surface area contributed by atoms with Gasteiger partial charge in [-0.05, 0) is 26.7 Å². The number of carboxylic acid groups (broad SMARTS) is 2. The molecule has 0 aromatic carbocycles. The van der Waals surface area contributed by atoms with E-state index in [1.54, 1.807) is 13.8 Å². The van der Waals surface area contributed by atoms with Crippen LogP contribution in [0.25, 0.3) is 0 Å². The van der Waals surface area contributed by atoms with Crippen molar-refractivity contribution in [3.63, 3.8) is 0 Å². The van der Waals surface area contributed by atoms with Crippen molar-refractivity contribution in [1.29, 1.82) is 5.26 Å². The Morgan fingerprint density at radius 3 is 2.18 bits per heavy atom. The summed E-state index contributed by atoms with van der Waals surface area (Å²) in [6.45, 7) is 3.18. The molecule has 0 rings (SSSR count). The lowest BCUT2D eigenvalue weighted by atomic mass is 9.98. The maximum atomic E-state index is 10.4. The van der Waals surface area contributed by atoms with Crippen molar-refractivity contribution in [2.45, 2.75) is 45.1 Å². The zero-order chi connectivity index (χ0) is 13.5. The molecule has 6 nitrogen and oxygen atoms in total. The fourth-order valence-electron chi connectivity index (χ4n) is 1.25. The van der Waals surface area contributed by atoms with E-state index in [1.807, 2.05) is 6.07 Å². The summed E-state index contributed by atoms with van der Waals surface area (Å²) in [6.07, 6.45) is 0.193. The normalized spacial score (nSPS) is 14.8. The molecule has 0 bridgehead atoms. The lowest BCUT2D eigenvalue weighted by Gasteiger charge is -2.16. The molecular formula is C11H16N2O4. The molecule has 0 heterocycles. The number of rotatable bonds is 7. The van der Waals surface area contributed by atoms with Crippen molar-refractivity contribution >= 4 is 17.7 Å². The molecule has 2 N–H and O–H groups in total. The lowest BCUT2D eigenvalue weighted by molar-refractivity contribution is -0.138. The number of carbonyl (C=O) groups is 2. The van der Waals surface area contributed by atoms with Crippen LogP contribution in [0.2, 0.25) is 0 Å². The van der Waals surface area contributed by atoms with Crippen LogP contribution in [0.1, 0.15) is 39.5 Å². The summed E-state index contributed by atoms with van der Waals surface area (Å²) < 4.78 is 0. The summed E-state index contributed by atoms with van der Waals surface area (Å²) in [6, 6.07) is 1.95. The summed E-state index contributed by atoms with van der Waals surface area (Å²) >= 11 is 0. The van der Waals surface area contributed by atoms with Gasteiger partial charge in [0.25, 0.3) is 0 Å². The van der Waals surface area contributed by atoms with Crippen LogP contribution in [0.3, 0.4) is 0 Å². The number of carboxylic acids is 2. The fraction of sp³-hybridized carbons (Fsp3) is 0.636. The predicted molar refractivity (Wildman–Crippen MR) is 60.9 cm³/mol. The maximum absolute atomic E-state index is 10.4. The third-order valence-electron chi connectivity index (χ3n) is 2.20. The van der Waals surface area contributed by atoms with E-state index in [0.717, 1.165) is 0 Å². The van der Waals surface area contributed by atoms with Crippen molar-refractivity contribution < 1.29 is 19.8 Å². The minimum absolute atomic E-state index is 0.0459. The molecule has 0 saturated carbocycles.